The number of nitrogens with one attached hydrogen (secondary N) is 1. The van der Waals surface area contributed by atoms with Crippen LogP contribution in [0.3, 0.4) is 0 Å². The Balaban J connectivity index is 0.000000821. The van der Waals surface area contributed by atoms with Crippen molar-refractivity contribution in [3.05, 3.63) is 29.8 Å². The Kier molecular flexibility index (Phi) is 13.0. The smallest absolute Gasteiger partial charge is 0.255 e. The molecule has 0 radical (unpaired) electrons. The first-order valence-electron chi connectivity index (χ1n) is 9.74. The molecule has 0 aliphatic rings. The lowest BCUT2D eigenvalue weighted by Gasteiger charge is -2.22. The molecule has 1 aromatic carbocycles. The van der Waals surface area contributed by atoms with Crippen molar-refractivity contribution < 1.29 is 24.3 Å². The minimum atomic E-state index is -1.00. The van der Waals surface area contributed by atoms with Crippen molar-refractivity contribution in [1.29, 1.82) is 0 Å². The quantitative estimate of drug-likeness (QED) is 0.455. The van der Waals surface area contributed by atoms with Gasteiger partial charge in [-0.15, -0.1) is 0 Å². The fourth-order valence-corrected chi connectivity index (χ4v) is 2.56. The Labute approximate surface area is 163 Å². The molecule has 2 N–H and O–H groups in total. The van der Waals surface area contributed by atoms with Crippen LogP contribution in [0.1, 0.15) is 62.2 Å². The molecule has 0 aliphatic heterocycles. The highest BCUT2D eigenvalue weighted by atomic mass is 16.4. The van der Waals surface area contributed by atoms with E-state index in [0.717, 1.165) is 30.2 Å². The number of carboxylic acids is 1. The predicted octanol–water partition coefficient (Wildman–Crippen LogP) is 2.32. The third kappa shape index (κ3) is 14.7. The maximum Gasteiger partial charge on any atom is 0.255 e. The van der Waals surface area contributed by atoms with Crippen molar-refractivity contribution in [3.63, 3.8) is 0 Å². The molecule has 6 nitrogen and oxygen atoms in total. The van der Waals surface area contributed by atoms with Gasteiger partial charge in [-0.1, -0.05) is 38.3 Å². The number of nitrogens with zero attached hydrogens (tertiary/aromatic N) is 1. The zero-order valence-electron chi connectivity index (χ0n) is 17.3. The van der Waals surface area contributed by atoms with Gasteiger partial charge in [0.25, 0.3) is 5.91 Å². The minimum absolute atomic E-state index is 0.0210. The summed E-state index contributed by atoms with van der Waals surface area (Å²) in [4.78, 5) is 21.9. The highest BCUT2D eigenvalue weighted by molar-refractivity contribution is 5.96. The molecule has 6 heteroatoms. The molecule has 1 rings (SSSR count). The van der Waals surface area contributed by atoms with Gasteiger partial charge in [0, 0.05) is 12.5 Å². The third-order valence-corrected chi connectivity index (χ3v) is 3.89. The van der Waals surface area contributed by atoms with Gasteiger partial charge in [-0.05, 0) is 37.8 Å². The third-order valence-electron chi connectivity index (χ3n) is 3.89. The van der Waals surface area contributed by atoms with Crippen molar-refractivity contribution in [3.8, 4) is 5.75 Å². The van der Waals surface area contributed by atoms with E-state index in [4.69, 9.17) is 0 Å². The second-order valence-corrected chi connectivity index (χ2v) is 7.68. The number of benzene rings is 1. The van der Waals surface area contributed by atoms with E-state index in [1.54, 1.807) is 18.2 Å². The summed E-state index contributed by atoms with van der Waals surface area (Å²) in [5, 5.41) is 22.5. The summed E-state index contributed by atoms with van der Waals surface area (Å²) < 4.78 is 1.09. The summed E-state index contributed by atoms with van der Waals surface area (Å²) >= 11 is 0. The summed E-state index contributed by atoms with van der Waals surface area (Å²) in [5.74, 6) is -1.30. The Morgan fingerprint density at radius 3 is 2.15 bits per heavy atom. The van der Waals surface area contributed by atoms with Crippen molar-refractivity contribution in [2.45, 2.75) is 51.9 Å². The summed E-state index contributed by atoms with van der Waals surface area (Å²) in [6.45, 7) is 4.04. The van der Waals surface area contributed by atoms with Crippen LogP contribution in [-0.4, -0.2) is 55.7 Å². The van der Waals surface area contributed by atoms with Crippen LogP contribution in [-0.2, 0) is 4.79 Å². The Morgan fingerprint density at radius 2 is 1.63 bits per heavy atom. The zero-order valence-corrected chi connectivity index (χ0v) is 17.3. The van der Waals surface area contributed by atoms with Gasteiger partial charge in [0.2, 0.25) is 0 Å². The van der Waals surface area contributed by atoms with Crippen LogP contribution in [0.4, 0.5) is 0 Å². The summed E-state index contributed by atoms with van der Waals surface area (Å²) in [7, 11) is 6.64. The first-order valence-corrected chi connectivity index (χ1v) is 9.74. The van der Waals surface area contributed by atoms with Gasteiger partial charge in [-0.2, -0.15) is 0 Å². The van der Waals surface area contributed by atoms with E-state index in [9.17, 15) is 19.8 Å². The van der Waals surface area contributed by atoms with E-state index in [-0.39, 0.29) is 23.6 Å². The molecule has 0 bridgehead atoms. The number of quaternary nitrogens is 1. The first kappa shape index (κ1) is 24.9. The first-order chi connectivity index (χ1) is 12.7. The molecule has 0 fully saturated rings. The van der Waals surface area contributed by atoms with Crippen LogP contribution in [0, 0.1) is 0 Å². The Bertz CT molecular complexity index is 553. The lowest BCUT2D eigenvalue weighted by Crippen LogP contribution is -2.34. The van der Waals surface area contributed by atoms with Crippen LogP contribution in [0.5, 0.6) is 5.75 Å². The standard InChI is InChI=1S/C15H21NO4.C6H16N/c17-13-9-6-5-8-12(13)15(20)16-11-7-3-1-2-4-10-14(18)19;1-5-6-7(2,3)4/h5-6,8-9,17H,1-4,7,10-11H2,(H,16,20)(H,18,19);5-6H2,1-4H3/q;+1/p-1. The van der Waals surface area contributed by atoms with Gasteiger partial charge < -0.3 is 24.8 Å². The molecule has 0 atom stereocenters. The number of phenolic OH excluding ortho intramolecular Hbond substituents is 1. The highest BCUT2D eigenvalue weighted by Crippen LogP contribution is 2.15. The van der Waals surface area contributed by atoms with Crippen LogP contribution in [0.15, 0.2) is 24.3 Å². The summed E-state index contributed by atoms with van der Waals surface area (Å²) in [5.41, 5.74) is 0.279. The number of hydrogen-bond donors (Lipinski definition) is 2. The van der Waals surface area contributed by atoms with E-state index >= 15 is 0 Å². The summed E-state index contributed by atoms with van der Waals surface area (Å²) in [6, 6.07) is 6.42. The number of carboxylic acid groups (broad SMARTS) is 1. The molecule has 0 aromatic heterocycles. The number of unbranched alkanes of at least 4 members (excludes halogenated alkanes) is 4. The maximum atomic E-state index is 11.7. The molecule has 0 aliphatic carbocycles. The fraction of sp³-hybridized carbons (Fsp3) is 0.619. The van der Waals surface area contributed by atoms with Gasteiger partial charge in [-0.3, -0.25) is 4.79 Å². The normalized spacial score (nSPS) is 10.7. The average molecular weight is 381 g/mol. The van der Waals surface area contributed by atoms with E-state index in [2.05, 4.69) is 33.4 Å². The van der Waals surface area contributed by atoms with Crippen molar-refractivity contribution in [1.82, 2.24) is 5.32 Å². The molecular weight excluding hydrogens is 344 g/mol. The lowest BCUT2D eigenvalue weighted by molar-refractivity contribution is -0.870. The van der Waals surface area contributed by atoms with E-state index in [1.807, 2.05) is 0 Å². The number of aromatic hydroxyl groups is 1. The monoisotopic (exact) mass is 380 g/mol. The number of carbonyl (C=O) groups is 2. The second-order valence-electron chi connectivity index (χ2n) is 7.68. The van der Waals surface area contributed by atoms with Crippen LogP contribution < -0.4 is 10.4 Å². The van der Waals surface area contributed by atoms with Crippen LogP contribution in [0.2, 0.25) is 0 Å². The topological polar surface area (TPSA) is 89.5 Å². The Hall–Kier alpha value is -2.08. The van der Waals surface area contributed by atoms with Crippen molar-refractivity contribution >= 4 is 11.9 Å². The molecule has 0 saturated carbocycles. The van der Waals surface area contributed by atoms with Crippen LogP contribution >= 0.6 is 0 Å². The van der Waals surface area contributed by atoms with E-state index < -0.39 is 5.97 Å². The predicted molar refractivity (Wildman–Crippen MR) is 106 cm³/mol. The largest absolute Gasteiger partial charge is 0.550 e. The Morgan fingerprint density at radius 1 is 1.04 bits per heavy atom. The average Bonchev–Trinajstić information content (AvgIpc) is 2.56. The number of para-hydroxylation sites is 1. The molecule has 1 aromatic rings. The summed E-state index contributed by atoms with van der Waals surface area (Å²) in [6.07, 6.45) is 5.62. The highest BCUT2D eigenvalue weighted by Gasteiger charge is 2.08. The molecule has 0 heterocycles. The molecule has 1 amide bonds. The molecule has 0 unspecified atom stereocenters. The second kappa shape index (κ2) is 14.0. The van der Waals surface area contributed by atoms with Gasteiger partial charge in [0.1, 0.15) is 5.75 Å². The van der Waals surface area contributed by atoms with E-state index in [1.165, 1.54) is 19.0 Å². The molecule has 27 heavy (non-hydrogen) atoms. The van der Waals surface area contributed by atoms with Crippen molar-refractivity contribution in [2.24, 2.45) is 0 Å². The SMILES string of the molecule is CCC[N+](C)(C)C.O=C([O-])CCCCCCCNC(=O)c1ccccc1O. The van der Waals surface area contributed by atoms with Gasteiger partial charge in [-0.25, -0.2) is 0 Å². The fourth-order valence-electron chi connectivity index (χ4n) is 2.56. The lowest BCUT2D eigenvalue weighted by atomic mass is 10.1. The number of amides is 1. The van der Waals surface area contributed by atoms with Gasteiger partial charge in [0.15, 0.2) is 0 Å². The molecule has 0 spiro atoms. The molecule has 0 saturated heterocycles. The zero-order chi connectivity index (χ0) is 20.7. The van der Waals surface area contributed by atoms with Crippen molar-refractivity contribution in [2.75, 3.05) is 34.2 Å². The number of phenols is 1. The maximum absolute atomic E-state index is 11.7. The number of aliphatic carboxylic acids is 1. The molecule has 154 valence electrons. The number of hydrogen-bond acceptors (Lipinski definition) is 4. The van der Waals surface area contributed by atoms with Gasteiger partial charge in [0.05, 0.1) is 33.3 Å². The molecular formula is C21H36N2O4. The van der Waals surface area contributed by atoms with Crippen LogP contribution in [0.25, 0.3) is 0 Å². The number of carbonyl (C=O) groups excluding carboxylic acids is 2. The van der Waals surface area contributed by atoms with E-state index in [0.29, 0.717) is 13.0 Å². The minimum Gasteiger partial charge on any atom is -0.550 e. The number of rotatable bonds is 11. The van der Waals surface area contributed by atoms with Gasteiger partial charge >= 0.3 is 0 Å².